The Morgan fingerprint density at radius 3 is 1.68 bits per heavy atom. The first-order chi connectivity index (χ1) is 19.5. The molecule has 0 radical (unpaired) electrons. The molecule has 1 saturated heterocycles. The predicted octanol–water partition coefficient (Wildman–Crippen LogP) is 4.98. The van der Waals surface area contributed by atoms with E-state index in [1.807, 2.05) is 121 Å². The van der Waals surface area contributed by atoms with Crippen molar-refractivity contribution in [3.05, 3.63) is 127 Å². The van der Waals surface area contributed by atoms with Crippen molar-refractivity contribution in [2.24, 2.45) is 0 Å². The molecule has 0 unspecified atom stereocenters. The highest BCUT2D eigenvalue weighted by Gasteiger charge is 2.48. The molecule has 0 saturated carbocycles. The molecule has 1 aliphatic rings. The van der Waals surface area contributed by atoms with Crippen molar-refractivity contribution >= 4 is 33.9 Å². The van der Waals surface area contributed by atoms with Crippen LogP contribution in [0.15, 0.2) is 121 Å². The zero-order chi connectivity index (χ0) is 28.0. The lowest BCUT2D eigenvalue weighted by Crippen LogP contribution is -2.42. The van der Waals surface area contributed by atoms with Gasteiger partial charge < -0.3 is 14.2 Å². The molecule has 1 fully saturated rings. The standard InChI is InChI=1S/C34H32NO4P/c1-34(2)38-30(25-37-24-26-15-7-3-8-16-26)33(39-34)32(36)31(23-35)40(27-17-9-4-10-18-27,28-19-11-5-12-20-28)29-21-13-6-14-22-29/h3-22,30,33H,24-25H2,1-2H3/t30-,33+/m1/s1. The summed E-state index contributed by atoms with van der Waals surface area (Å²) in [7, 11) is 0. The Kier molecular flexibility index (Phi) is 8.45. The van der Waals surface area contributed by atoms with Gasteiger partial charge in [0.1, 0.15) is 17.5 Å². The number of ketones is 1. The lowest BCUT2D eigenvalue weighted by atomic mass is 10.1. The van der Waals surface area contributed by atoms with Crippen molar-refractivity contribution in [1.29, 1.82) is 5.26 Å². The molecule has 2 atom stereocenters. The van der Waals surface area contributed by atoms with Gasteiger partial charge in [-0.25, -0.2) is 0 Å². The quantitative estimate of drug-likeness (QED) is 0.276. The first-order valence-electron chi connectivity index (χ1n) is 13.3. The molecule has 1 heterocycles. The fraction of sp³-hybridized carbons (Fsp3) is 0.206. The first-order valence-corrected chi connectivity index (χ1v) is 15.1. The Balaban J connectivity index is 1.65. The molecule has 0 amide bonds. The van der Waals surface area contributed by atoms with Gasteiger partial charge in [-0.15, -0.1) is 0 Å². The SMILES string of the molecule is CC1(C)O[C@H](C(=O)C(C#N)=P(c2ccccc2)(c2ccccc2)c2ccccc2)[C@@H](COCc2ccccc2)O1. The topological polar surface area (TPSA) is 68.6 Å². The Morgan fingerprint density at radius 2 is 1.23 bits per heavy atom. The Bertz CT molecular complexity index is 1430. The van der Waals surface area contributed by atoms with Crippen LogP contribution < -0.4 is 15.9 Å². The van der Waals surface area contributed by atoms with Gasteiger partial charge in [-0.2, -0.15) is 5.26 Å². The summed E-state index contributed by atoms with van der Waals surface area (Å²) >= 11 is 0. The van der Waals surface area contributed by atoms with E-state index in [4.69, 9.17) is 14.2 Å². The minimum absolute atomic E-state index is 0.154. The number of carbonyl (C=O) groups excluding carboxylic acids is 1. The second-order valence-electron chi connectivity index (χ2n) is 10.1. The van der Waals surface area contributed by atoms with Crippen molar-refractivity contribution in [3.63, 3.8) is 0 Å². The third kappa shape index (κ3) is 5.59. The maximum absolute atomic E-state index is 14.6. The molecular formula is C34H32NO4P. The monoisotopic (exact) mass is 549 g/mol. The predicted molar refractivity (Wildman–Crippen MR) is 161 cm³/mol. The smallest absolute Gasteiger partial charge is 0.205 e. The Hall–Kier alpha value is -3.78. The Morgan fingerprint density at radius 1 is 0.775 bits per heavy atom. The largest absolute Gasteiger partial charge is 0.374 e. The van der Waals surface area contributed by atoms with Gasteiger partial charge in [0.05, 0.1) is 13.2 Å². The van der Waals surface area contributed by atoms with Crippen LogP contribution in [-0.4, -0.2) is 35.7 Å². The number of nitriles is 1. The summed E-state index contributed by atoms with van der Waals surface area (Å²) < 4.78 is 18.4. The van der Waals surface area contributed by atoms with Gasteiger partial charge in [0.2, 0.25) is 5.78 Å². The molecule has 0 spiro atoms. The van der Waals surface area contributed by atoms with E-state index in [1.54, 1.807) is 13.8 Å². The number of ether oxygens (including phenoxy) is 3. The maximum atomic E-state index is 14.6. The molecule has 0 aliphatic carbocycles. The zero-order valence-electron chi connectivity index (χ0n) is 22.6. The fourth-order valence-corrected chi connectivity index (χ4v) is 9.40. The molecule has 5 nitrogen and oxygen atoms in total. The highest BCUT2D eigenvalue weighted by molar-refractivity contribution is 7.97. The van der Waals surface area contributed by atoms with Crippen LogP contribution in [0.5, 0.6) is 0 Å². The highest BCUT2D eigenvalue weighted by Crippen LogP contribution is 2.47. The zero-order valence-corrected chi connectivity index (χ0v) is 23.5. The molecule has 4 aromatic carbocycles. The van der Waals surface area contributed by atoms with Crippen molar-refractivity contribution in [1.82, 2.24) is 0 Å². The fourth-order valence-electron chi connectivity index (χ4n) is 5.27. The summed E-state index contributed by atoms with van der Waals surface area (Å²) in [5.74, 6) is -1.37. The molecular weight excluding hydrogens is 517 g/mol. The minimum atomic E-state index is -2.88. The average Bonchev–Trinajstić information content (AvgIpc) is 3.31. The second-order valence-corrected chi connectivity index (χ2v) is 13.4. The normalized spacial score (nSPS) is 18.1. The molecule has 202 valence electrons. The summed E-state index contributed by atoms with van der Waals surface area (Å²) in [4.78, 5) is 14.6. The molecule has 4 aromatic rings. The van der Waals surface area contributed by atoms with Gasteiger partial charge in [0, 0.05) is 0 Å². The van der Waals surface area contributed by atoms with Crippen LogP contribution in [0.1, 0.15) is 19.4 Å². The van der Waals surface area contributed by atoms with E-state index in [-0.39, 0.29) is 17.7 Å². The average molecular weight is 550 g/mol. The van der Waals surface area contributed by atoms with E-state index >= 15 is 0 Å². The van der Waals surface area contributed by atoms with Crippen LogP contribution in [0.3, 0.4) is 0 Å². The van der Waals surface area contributed by atoms with Crippen molar-refractivity contribution in [3.8, 4) is 6.07 Å². The van der Waals surface area contributed by atoms with E-state index < -0.39 is 24.9 Å². The van der Waals surface area contributed by atoms with Crippen molar-refractivity contribution < 1.29 is 19.0 Å². The molecule has 5 rings (SSSR count). The van der Waals surface area contributed by atoms with E-state index in [0.29, 0.717) is 6.61 Å². The number of nitrogens with zero attached hydrogens (tertiary/aromatic N) is 1. The van der Waals surface area contributed by atoms with Gasteiger partial charge in [0.25, 0.3) is 0 Å². The molecule has 0 bridgehead atoms. The van der Waals surface area contributed by atoms with Crippen LogP contribution in [0, 0.1) is 11.3 Å². The number of Topliss-reactive ketones (excluding diaryl/α,β-unsaturated/α-hetero) is 1. The molecule has 6 heteroatoms. The number of carbonyl (C=O) groups is 1. The van der Waals surface area contributed by atoms with Crippen LogP contribution in [-0.2, 0) is 25.6 Å². The summed E-state index contributed by atoms with van der Waals surface area (Å²) in [5.41, 5.74) is 1.02. The maximum Gasteiger partial charge on any atom is 0.205 e. The van der Waals surface area contributed by atoms with Crippen molar-refractivity contribution in [2.45, 2.75) is 38.4 Å². The van der Waals surface area contributed by atoms with Gasteiger partial charge in [-0.05, 0) is 42.2 Å². The molecule has 40 heavy (non-hydrogen) atoms. The third-order valence-electron chi connectivity index (χ3n) is 6.94. The molecule has 0 aromatic heterocycles. The van der Waals surface area contributed by atoms with E-state index in [9.17, 15) is 10.1 Å². The lowest BCUT2D eigenvalue weighted by Gasteiger charge is -2.31. The summed E-state index contributed by atoms with van der Waals surface area (Å²) in [5, 5.41) is 13.8. The van der Waals surface area contributed by atoms with Gasteiger partial charge in [0.15, 0.2) is 11.9 Å². The van der Waals surface area contributed by atoms with Gasteiger partial charge >= 0.3 is 0 Å². The summed E-state index contributed by atoms with van der Waals surface area (Å²) in [6.07, 6.45) is -1.66. The third-order valence-corrected chi connectivity index (χ3v) is 11.2. The summed E-state index contributed by atoms with van der Waals surface area (Å²) in [6.45, 7) is 1.21. The van der Waals surface area contributed by atoms with Crippen LogP contribution in [0.25, 0.3) is 0 Å². The van der Waals surface area contributed by atoms with E-state index in [0.717, 1.165) is 21.5 Å². The van der Waals surface area contributed by atoms with Crippen LogP contribution >= 0.6 is 6.89 Å². The lowest BCUT2D eigenvalue weighted by molar-refractivity contribution is -0.155. The Labute approximate surface area is 235 Å². The van der Waals surface area contributed by atoms with Gasteiger partial charge in [-0.1, -0.05) is 121 Å². The molecule has 0 N–H and O–H groups in total. The van der Waals surface area contributed by atoms with E-state index in [1.165, 1.54) is 0 Å². The highest BCUT2D eigenvalue weighted by atomic mass is 31.2. The molecule has 1 aliphatic heterocycles. The number of benzene rings is 4. The number of hydrogen-bond acceptors (Lipinski definition) is 5. The number of hydrogen-bond donors (Lipinski definition) is 0. The second kappa shape index (κ2) is 12.2. The van der Waals surface area contributed by atoms with Gasteiger partial charge in [-0.3, -0.25) is 4.79 Å². The van der Waals surface area contributed by atoms with E-state index in [2.05, 4.69) is 6.07 Å². The van der Waals surface area contributed by atoms with Crippen LogP contribution in [0.4, 0.5) is 0 Å². The summed E-state index contributed by atoms with van der Waals surface area (Å²) in [6, 6.07) is 41.8. The first kappa shape index (κ1) is 27.8. The minimum Gasteiger partial charge on any atom is -0.374 e. The number of rotatable bonds is 9. The van der Waals surface area contributed by atoms with Crippen LogP contribution in [0.2, 0.25) is 0 Å². The van der Waals surface area contributed by atoms with Crippen molar-refractivity contribution in [2.75, 3.05) is 6.61 Å².